The summed E-state index contributed by atoms with van der Waals surface area (Å²) in [6.45, 7) is -0.0976. The Balaban J connectivity index is 1.25. The van der Waals surface area contributed by atoms with E-state index < -0.39 is 6.85 Å². The molecule has 2 nitrogen and oxygen atoms in total. The quantitative estimate of drug-likeness (QED) is 0.212. The summed E-state index contributed by atoms with van der Waals surface area (Å²) in [5.74, 6) is 0. The van der Waals surface area contributed by atoms with Gasteiger partial charge in [0.15, 0.2) is 6.20 Å². The van der Waals surface area contributed by atoms with E-state index in [2.05, 4.69) is 110 Å². The zero-order chi connectivity index (χ0) is 29.7. The molecule has 0 bridgehead atoms. The lowest BCUT2D eigenvalue weighted by Gasteiger charge is -2.08. The molecule has 0 fully saturated rings. The number of benzene rings is 5. The summed E-state index contributed by atoms with van der Waals surface area (Å²) in [5, 5.41) is 2.09. The Morgan fingerprint density at radius 2 is 1.23 bits per heavy atom. The van der Waals surface area contributed by atoms with Gasteiger partial charge in [0, 0.05) is 26.5 Å². The van der Waals surface area contributed by atoms with Crippen molar-refractivity contribution in [3.63, 3.8) is 0 Å². The monoisotopic (exact) mass is 519 g/mol. The van der Waals surface area contributed by atoms with E-state index in [9.17, 15) is 0 Å². The van der Waals surface area contributed by atoms with Gasteiger partial charge in [-0.3, -0.25) is 0 Å². The molecule has 5 aromatic carbocycles. The minimum Gasteiger partial charge on any atom is -0.455 e. The number of furan rings is 1. The maximum atomic E-state index is 7.78. The highest BCUT2D eigenvalue weighted by molar-refractivity contribution is 6.10. The molecule has 2 heterocycles. The van der Waals surface area contributed by atoms with E-state index >= 15 is 0 Å². The predicted molar refractivity (Wildman–Crippen MR) is 166 cm³/mol. The van der Waals surface area contributed by atoms with Crippen LogP contribution in [-0.2, 0) is 7.05 Å². The van der Waals surface area contributed by atoms with Crippen LogP contribution >= 0.6 is 0 Å². The van der Waals surface area contributed by atoms with Gasteiger partial charge in [-0.2, -0.15) is 0 Å². The van der Waals surface area contributed by atoms with Crippen LogP contribution < -0.4 is 4.57 Å². The van der Waals surface area contributed by atoms with Gasteiger partial charge in [0.05, 0.1) is 5.56 Å². The van der Waals surface area contributed by atoms with Gasteiger partial charge in [-0.05, 0) is 77.0 Å². The summed E-state index contributed by atoms with van der Waals surface area (Å²) in [6, 6.07) is 41.9. The van der Waals surface area contributed by atoms with Crippen molar-refractivity contribution in [1.82, 2.24) is 0 Å². The lowest BCUT2D eigenvalue weighted by molar-refractivity contribution is -0.660. The predicted octanol–water partition coefficient (Wildman–Crippen LogP) is 9.70. The van der Waals surface area contributed by atoms with Crippen molar-refractivity contribution in [2.75, 3.05) is 0 Å². The zero-order valence-corrected chi connectivity index (χ0v) is 22.5. The molecule has 0 spiro atoms. The molecule has 0 atom stereocenters. The molecule has 0 aliphatic rings. The van der Waals surface area contributed by atoms with E-state index in [1.165, 1.54) is 22.3 Å². The fraction of sp³-hybridized carbons (Fsp3) is 0.0789. The number of pyridine rings is 1. The zero-order valence-electron chi connectivity index (χ0n) is 25.5. The minimum absolute atomic E-state index is 0.313. The fourth-order valence-electron chi connectivity index (χ4n) is 5.67. The highest BCUT2D eigenvalue weighted by Gasteiger charge is 2.20. The Morgan fingerprint density at radius 1 is 0.600 bits per heavy atom. The van der Waals surface area contributed by atoms with Crippen molar-refractivity contribution in [1.29, 1.82) is 0 Å². The molecular formula is C38H30NO+. The lowest BCUT2D eigenvalue weighted by Crippen LogP contribution is -2.31. The van der Waals surface area contributed by atoms with Gasteiger partial charge in [0.2, 0.25) is 5.69 Å². The number of hydrogen-bond acceptors (Lipinski definition) is 1. The third-order valence-electron chi connectivity index (χ3n) is 7.76. The number of aromatic nitrogens is 1. The van der Waals surface area contributed by atoms with Crippen LogP contribution in [0.4, 0.5) is 0 Å². The van der Waals surface area contributed by atoms with Crippen LogP contribution in [0.25, 0.3) is 66.6 Å². The number of fused-ring (bicyclic) bond motifs is 3. The highest BCUT2D eigenvalue weighted by Crippen LogP contribution is 2.38. The summed E-state index contributed by atoms with van der Waals surface area (Å²) < 4.78 is 31.8. The van der Waals surface area contributed by atoms with Crippen molar-refractivity contribution in [3.8, 4) is 44.6 Å². The summed E-state index contributed by atoms with van der Waals surface area (Å²) in [6.07, 6.45) is 1.68. The molecule has 0 saturated heterocycles. The first-order valence-corrected chi connectivity index (χ1v) is 13.5. The molecule has 0 aliphatic carbocycles. The Morgan fingerprint density at radius 3 is 1.93 bits per heavy atom. The second-order valence-electron chi connectivity index (χ2n) is 10.4. The normalized spacial score (nSPS) is 12.8. The molecule has 40 heavy (non-hydrogen) atoms. The van der Waals surface area contributed by atoms with Gasteiger partial charge in [0.25, 0.3) is 0 Å². The van der Waals surface area contributed by atoms with Gasteiger partial charge >= 0.3 is 0 Å². The Labute approximate surface area is 239 Å². The van der Waals surface area contributed by atoms with Crippen LogP contribution in [0.3, 0.4) is 0 Å². The summed E-state index contributed by atoms with van der Waals surface area (Å²) in [5.41, 5.74) is 11.8. The third kappa shape index (κ3) is 4.19. The standard InChI is InChI=1S/C38H30NO/c1-25-12-21-35(39(3)24-25)37-26(2)13-19-34-33-20-18-32(23-36(33)40-38(34)37)29-16-14-28(15-17-29)31-11-7-10-30(22-31)27-8-5-4-6-9-27/h4-24H,1-3H3/q+1/i1D3. The molecule has 0 unspecified atom stereocenters. The SMILES string of the molecule is [2H]C([2H])([2H])c1ccc(-c2c(C)ccc3c2oc2cc(-c4ccc(-c5cccc(-c6ccccc6)c5)cc4)ccc23)[n+](C)c1. The molecule has 7 rings (SSSR count). The second-order valence-corrected chi connectivity index (χ2v) is 10.4. The van der Waals surface area contributed by atoms with Crippen molar-refractivity contribution in [2.45, 2.75) is 13.8 Å². The molecule has 0 radical (unpaired) electrons. The Kier molecular flexibility index (Phi) is 5.06. The summed E-state index contributed by atoms with van der Waals surface area (Å²) in [7, 11) is 1.88. The van der Waals surface area contributed by atoms with Gasteiger partial charge < -0.3 is 4.42 Å². The molecule has 0 N–H and O–H groups in total. The van der Waals surface area contributed by atoms with E-state index in [0.29, 0.717) is 5.56 Å². The maximum absolute atomic E-state index is 7.78. The van der Waals surface area contributed by atoms with Crippen LogP contribution in [0, 0.1) is 13.8 Å². The average molecular weight is 520 g/mol. The topological polar surface area (TPSA) is 17.0 Å². The summed E-state index contributed by atoms with van der Waals surface area (Å²) >= 11 is 0. The Hall–Kier alpha value is -4.95. The molecule has 192 valence electrons. The fourth-order valence-corrected chi connectivity index (χ4v) is 5.67. The van der Waals surface area contributed by atoms with Crippen LogP contribution in [0.15, 0.2) is 132 Å². The van der Waals surface area contributed by atoms with Gasteiger partial charge in [-0.1, -0.05) is 91.0 Å². The van der Waals surface area contributed by atoms with Crippen molar-refractivity contribution in [2.24, 2.45) is 7.05 Å². The van der Waals surface area contributed by atoms with Crippen LogP contribution in [-0.4, -0.2) is 0 Å². The smallest absolute Gasteiger partial charge is 0.216 e. The molecule has 2 aromatic heterocycles. The van der Waals surface area contributed by atoms with Crippen molar-refractivity contribution >= 4 is 21.9 Å². The molecule has 0 amide bonds. The molecule has 0 saturated carbocycles. The van der Waals surface area contributed by atoms with Crippen LogP contribution in [0.5, 0.6) is 0 Å². The van der Waals surface area contributed by atoms with E-state index in [4.69, 9.17) is 8.53 Å². The lowest BCUT2D eigenvalue weighted by atomic mass is 9.96. The first-order chi connectivity index (χ1) is 20.8. The third-order valence-corrected chi connectivity index (χ3v) is 7.76. The van der Waals surface area contributed by atoms with Crippen molar-refractivity contribution < 1.29 is 13.1 Å². The number of hydrogen-bond donors (Lipinski definition) is 0. The molecular weight excluding hydrogens is 486 g/mol. The van der Waals surface area contributed by atoms with E-state index in [-0.39, 0.29) is 0 Å². The number of nitrogens with zero attached hydrogens (tertiary/aromatic N) is 1. The Bertz CT molecular complexity index is 2120. The first kappa shape index (κ1) is 20.9. The maximum Gasteiger partial charge on any atom is 0.216 e. The molecule has 2 heteroatoms. The molecule has 0 aliphatic heterocycles. The van der Waals surface area contributed by atoms with Crippen LogP contribution in [0.2, 0.25) is 0 Å². The van der Waals surface area contributed by atoms with Gasteiger partial charge in [-0.25, -0.2) is 4.57 Å². The van der Waals surface area contributed by atoms with E-state index in [1.807, 2.05) is 23.7 Å². The second kappa shape index (κ2) is 9.66. The van der Waals surface area contributed by atoms with E-state index in [1.54, 1.807) is 12.3 Å². The molecule has 7 aromatic rings. The number of aryl methyl sites for hydroxylation is 3. The number of rotatable bonds is 4. The van der Waals surface area contributed by atoms with Gasteiger partial charge in [-0.15, -0.1) is 0 Å². The van der Waals surface area contributed by atoms with Crippen LogP contribution in [0.1, 0.15) is 15.2 Å². The highest BCUT2D eigenvalue weighted by atomic mass is 16.3. The van der Waals surface area contributed by atoms with Gasteiger partial charge in [0.1, 0.15) is 18.2 Å². The average Bonchev–Trinajstić information content (AvgIpc) is 3.39. The van der Waals surface area contributed by atoms with Crippen molar-refractivity contribution in [3.05, 3.63) is 139 Å². The summed E-state index contributed by atoms with van der Waals surface area (Å²) in [4.78, 5) is 0. The minimum atomic E-state index is -2.16. The largest absolute Gasteiger partial charge is 0.455 e. The first-order valence-electron chi connectivity index (χ1n) is 15.0. The van der Waals surface area contributed by atoms with E-state index in [0.717, 1.165) is 49.9 Å².